The lowest BCUT2D eigenvalue weighted by Crippen LogP contribution is -3.00. The third kappa shape index (κ3) is 7.07. The van der Waals surface area contributed by atoms with Gasteiger partial charge in [0.25, 0.3) is 0 Å². The lowest BCUT2D eigenvalue weighted by Gasteiger charge is -2.13. The quantitative estimate of drug-likeness (QED) is 0.282. The van der Waals surface area contributed by atoms with Gasteiger partial charge in [0.2, 0.25) is 0 Å². The maximum atomic E-state index is 2.42. The molecule has 2 nitrogen and oxygen atoms in total. The average Bonchev–Trinajstić information content (AvgIpc) is 2.17. The number of nitrogens with zero attached hydrogens (tertiary/aromatic N) is 2. The zero-order valence-electron chi connectivity index (χ0n) is 10.7. The summed E-state index contributed by atoms with van der Waals surface area (Å²) in [5.74, 6) is 1.24. The van der Waals surface area contributed by atoms with Gasteiger partial charge in [0.1, 0.15) is 0 Å². The minimum atomic E-state index is 0. The van der Waals surface area contributed by atoms with Crippen molar-refractivity contribution in [2.24, 2.45) is 0 Å². The highest BCUT2D eigenvalue weighted by Gasteiger charge is 2.14. The summed E-state index contributed by atoms with van der Waals surface area (Å²) in [7, 11) is 4.26. The minimum absolute atomic E-state index is 0. The van der Waals surface area contributed by atoms with Crippen LogP contribution in [0.5, 0.6) is 0 Å². The Morgan fingerprint density at radius 2 is 1.67 bits per heavy atom. The Morgan fingerprint density at radius 1 is 1.13 bits per heavy atom. The topological polar surface area (TPSA) is 6.25 Å². The molecule has 0 saturated heterocycles. The first-order valence-electron chi connectivity index (χ1n) is 5.59. The van der Waals surface area contributed by atoms with Crippen LogP contribution < -0.4 is 12.4 Å². The number of hydrogen-bond donors (Lipinski definition) is 0. The molecule has 0 aliphatic rings. The van der Waals surface area contributed by atoms with Crippen LogP contribution in [0.1, 0.15) is 33.6 Å². The van der Waals surface area contributed by atoms with Gasteiger partial charge in [-0.3, -0.25) is 9.48 Å². The molecule has 0 saturated carbocycles. The Morgan fingerprint density at radius 3 is 2.00 bits per heavy atom. The number of unbranched alkanes of at least 4 members (excludes halogenated alkanes) is 1. The van der Waals surface area contributed by atoms with E-state index in [0.29, 0.717) is 0 Å². The van der Waals surface area contributed by atoms with Crippen molar-refractivity contribution < 1.29 is 17.0 Å². The smallest absolute Gasteiger partial charge is 0.307 e. The summed E-state index contributed by atoms with van der Waals surface area (Å²) in [5, 5.41) is 1.41. The normalized spacial score (nSPS) is 9.40. The molecular weight excluding hydrogens is 228 g/mol. The van der Waals surface area contributed by atoms with Crippen molar-refractivity contribution >= 4 is 16.9 Å². The molecule has 0 unspecified atom stereocenters. The molecule has 0 rings (SSSR count). The second kappa shape index (κ2) is 10.6. The van der Waals surface area contributed by atoms with Crippen molar-refractivity contribution in [2.45, 2.75) is 33.6 Å². The zero-order valence-corrected chi connectivity index (χ0v) is 12.3. The Bertz CT molecular complexity index is 175. The number of rotatable bonds is 5. The van der Waals surface area contributed by atoms with Gasteiger partial charge >= 0.3 is 5.17 Å². The highest BCUT2D eigenvalue weighted by Crippen LogP contribution is 2.09. The van der Waals surface area contributed by atoms with Crippen LogP contribution in [0.2, 0.25) is 0 Å². The summed E-state index contributed by atoms with van der Waals surface area (Å²) in [5.41, 5.74) is 0. The molecule has 0 fully saturated rings. The fraction of sp³-hybridized carbons (Fsp3) is 0.909. The van der Waals surface area contributed by atoms with Crippen LogP contribution in [-0.4, -0.2) is 47.6 Å². The van der Waals surface area contributed by atoms with Gasteiger partial charge in [-0.25, -0.2) is 0 Å². The van der Waals surface area contributed by atoms with Gasteiger partial charge in [0.05, 0.1) is 27.2 Å². The molecule has 4 heteroatoms. The zero-order chi connectivity index (χ0) is 11.0. The van der Waals surface area contributed by atoms with E-state index in [4.69, 9.17) is 0 Å². The summed E-state index contributed by atoms with van der Waals surface area (Å²) >= 11 is 1.98. The first-order chi connectivity index (χ1) is 6.67. The third-order valence-corrected chi connectivity index (χ3v) is 3.52. The van der Waals surface area contributed by atoms with Crippen LogP contribution in [0.15, 0.2) is 0 Å². The van der Waals surface area contributed by atoms with Crippen LogP contribution in [0, 0.1) is 0 Å². The SMILES string of the molecule is CCCCSC(N(C)C)=[N+](CC)CC.[Cl-]. The van der Waals surface area contributed by atoms with E-state index in [2.05, 4.69) is 44.3 Å². The second-order valence-electron chi connectivity index (χ2n) is 3.55. The number of hydrogen-bond acceptors (Lipinski definition) is 1. The van der Waals surface area contributed by atoms with Gasteiger partial charge in [-0.2, -0.15) is 0 Å². The van der Waals surface area contributed by atoms with E-state index in [1.165, 1.54) is 23.8 Å². The first kappa shape index (κ1) is 17.5. The molecule has 15 heavy (non-hydrogen) atoms. The molecule has 0 radical (unpaired) electrons. The summed E-state index contributed by atoms with van der Waals surface area (Å²) < 4.78 is 2.42. The summed E-state index contributed by atoms with van der Waals surface area (Å²) in [6, 6.07) is 0. The lowest BCUT2D eigenvalue weighted by atomic mass is 10.4. The predicted molar refractivity (Wildman–Crippen MR) is 67.4 cm³/mol. The predicted octanol–water partition coefficient (Wildman–Crippen LogP) is -0.506. The van der Waals surface area contributed by atoms with Crippen molar-refractivity contribution in [1.82, 2.24) is 4.90 Å². The van der Waals surface area contributed by atoms with E-state index in [1.54, 1.807) is 0 Å². The first-order valence-corrected chi connectivity index (χ1v) is 6.57. The average molecular weight is 253 g/mol. The molecule has 0 aliphatic carbocycles. The molecule has 0 bridgehead atoms. The van der Waals surface area contributed by atoms with E-state index < -0.39 is 0 Å². The maximum Gasteiger partial charge on any atom is 0.307 e. The van der Waals surface area contributed by atoms with Gasteiger partial charge in [-0.1, -0.05) is 13.3 Å². The molecule has 0 aromatic carbocycles. The standard InChI is InChI=1S/C11H25N2S.ClH/c1-6-9-10-14-11(12(4)5)13(7-2)8-3;/h6-10H2,1-5H3;1H/q+1;/p-1. The monoisotopic (exact) mass is 252 g/mol. The minimum Gasteiger partial charge on any atom is -1.00 e. The van der Waals surface area contributed by atoms with Gasteiger partial charge in [0, 0.05) is 5.75 Å². The molecule has 92 valence electrons. The van der Waals surface area contributed by atoms with Crippen LogP contribution in [-0.2, 0) is 0 Å². The third-order valence-electron chi connectivity index (χ3n) is 2.15. The number of halogens is 1. The van der Waals surface area contributed by atoms with E-state index in [0.717, 1.165) is 13.1 Å². The number of amidine groups is 1. The van der Waals surface area contributed by atoms with Gasteiger partial charge in [0.15, 0.2) is 0 Å². The van der Waals surface area contributed by atoms with Crippen molar-refractivity contribution in [3.8, 4) is 0 Å². The molecule has 0 aliphatic heterocycles. The molecule has 0 N–H and O–H groups in total. The van der Waals surface area contributed by atoms with E-state index in [-0.39, 0.29) is 12.4 Å². The Kier molecular flexibility index (Phi) is 12.4. The molecule has 0 aromatic rings. The van der Waals surface area contributed by atoms with Gasteiger partial charge in [-0.15, -0.1) is 0 Å². The number of thioether (sulfide) groups is 1. The van der Waals surface area contributed by atoms with E-state index in [1.807, 2.05) is 11.8 Å². The lowest BCUT2D eigenvalue weighted by molar-refractivity contribution is -0.522. The van der Waals surface area contributed by atoms with Gasteiger partial charge < -0.3 is 12.4 Å². The maximum absolute atomic E-state index is 2.42. The molecular formula is C11H25ClN2S. The Hall–Kier alpha value is 0.110. The largest absolute Gasteiger partial charge is 1.00 e. The van der Waals surface area contributed by atoms with Crippen LogP contribution in [0.25, 0.3) is 0 Å². The molecule has 0 atom stereocenters. The van der Waals surface area contributed by atoms with Crippen LogP contribution in [0.3, 0.4) is 0 Å². The highest BCUT2D eigenvalue weighted by molar-refractivity contribution is 8.13. The van der Waals surface area contributed by atoms with Crippen LogP contribution in [0.4, 0.5) is 0 Å². The Labute approximate surface area is 106 Å². The fourth-order valence-corrected chi connectivity index (χ4v) is 2.62. The Balaban J connectivity index is 0. The summed E-state index contributed by atoms with van der Waals surface area (Å²) in [6.45, 7) is 8.88. The molecule has 0 amide bonds. The van der Waals surface area contributed by atoms with Gasteiger partial charge in [-0.05, 0) is 32.0 Å². The van der Waals surface area contributed by atoms with Crippen molar-refractivity contribution in [3.63, 3.8) is 0 Å². The van der Waals surface area contributed by atoms with E-state index in [9.17, 15) is 0 Å². The van der Waals surface area contributed by atoms with E-state index >= 15 is 0 Å². The second-order valence-corrected chi connectivity index (χ2v) is 4.61. The highest BCUT2D eigenvalue weighted by atomic mass is 35.5. The molecule has 0 aromatic heterocycles. The summed E-state index contributed by atoms with van der Waals surface area (Å²) in [6.07, 6.45) is 2.59. The fourth-order valence-electron chi connectivity index (χ4n) is 1.31. The molecule has 0 spiro atoms. The van der Waals surface area contributed by atoms with Crippen molar-refractivity contribution in [3.05, 3.63) is 0 Å². The van der Waals surface area contributed by atoms with Crippen molar-refractivity contribution in [2.75, 3.05) is 32.9 Å². The summed E-state index contributed by atoms with van der Waals surface area (Å²) in [4.78, 5) is 2.23. The molecule has 0 heterocycles. The van der Waals surface area contributed by atoms with Crippen LogP contribution >= 0.6 is 11.8 Å². The van der Waals surface area contributed by atoms with Crippen molar-refractivity contribution in [1.29, 1.82) is 0 Å².